The van der Waals surface area contributed by atoms with Crippen molar-refractivity contribution in [2.45, 2.75) is 0 Å². The van der Waals surface area contributed by atoms with Crippen molar-refractivity contribution in [3.8, 4) is 0 Å². The summed E-state index contributed by atoms with van der Waals surface area (Å²) in [7, 11) is 1.54. The van der Waals surface area contributed by atoms with E-state index >= 15 is 0 Å². The maximum atomic E-state index is 10.9. The molecule has 1 aromatic heterocycles. The fourth-order valence-corrected chi connectivity index (χ4v) is 0.779. The highest BCUT2D eigenvalue weighted by atomic mass is 35.5. The van der Waals surface area contributed by atoms with Gasteiger partial charge in [-0.2, -0.15) is 0 Å². The van der Waals surface area contributed by atoms with Crippen LogP contribution < -0.4 is 5.32 Å². The summed E-state index contributed by atoms with van der Waals surface area (Å²) < 4.78 is 0. The number of nitrogens with zero attached hydrogens (tertiary/aromatic N) is 1. The minimum Gasteiger partial charge on any atom is -0.355 e. The van der Waals surface area contributed by atoms with E-state index in [1.807, 2.05) is 0 Å². The second-order valence-corrected chi connectivity index (χ2v) is 2.28. The molecule has 0 saturated carbocycles. The summed E-state index contributed by atoms with van der Waals surface area (Å²) in [5, 5.41) is 2.78. The van der Waals surface area contributed by atoms with E-state index in [-0.39, 0.29) is 5.91 Å². The van der Waals surface area contributed by atoms with Gasteiger partial charge in [0.05, 0.1) is 10.6 Å². The standard InChI is InChI=1S/C7H6ClN2O/c1-9-7(11)5-2-6(8)4-10-3-5/h3-4H,1H3,(H,9,11). The second-order valence-electron chi connectivity index (χ2n) is 1.87. The summed E-state index contributed by atoms with van der Waals surface area (Å²) in [6.07, 6.45) is 2.83. The lowest BCUT2D eigenvalue weighted by Gasteiger charge is -1.96. The Labute approximate surface area is 69.4 Å². The monoisotopic (exact) mass is 169 g/mol. The molecule has 1 rings (SSSR count). The molecular formula is C7H6ClN2O. The number of aromatic nitrogens is 1. The topological polar surface area (TPSA) is 42.0 Å². The molecule has 0 bridgehead atoms. The van der Waals surface area contributed by atoms with Crippen LogP contribution in [0.5, 0.6) is 0 Å². The summed E-state index contributed by atoms with van der Waals surface area (Å²) in [4.78, 5) is 14.7. The molecule has 0 aliphatic rings. The van der Waals surface area contributed by atoms with Crippen LogP contribution in [0.4, 0.5) is 0 Å². The van der Waals surface area contributed by atoms with E-state index in [0.717, 1.165) is 0 Å². The van der Waals surface area contributed by atoms with Crippen molar-refractivity contribution in [2.24, 2.45) is 0 Å². The van der Waals surface area contributed by atoms with Crippen LogP contribution >= 0.6 is 11.6 Å². The molecule has 11 heavy (non-hydrogen) atoms. The van der Waals surface area contributed by atoms with Gasteiger partial charge < -0.3 is 5.32 Å². The molecule has 1 aromatic rings. The number of nitrogens with one attached hydrogen (secondary N) is 1. The van der Waals surface area contributed by atoms with Gasteiger partial charge in [-0.05, 0) is 0 Å². The van der Waals surface area contributed by atoms with Gasteiger partial charge in [0.25, 0.3) is 5.91 Å². The molecular weight excluding hydrogens is 164 g/mol. The Hall–Kier alpha value is -1.09. The van der Waals surface area contributed by atoms with Crippen LogP contribution in [0.2, 0.25) is 5.02 Å². The molecule has 0 unspecified atom stereocenters. The fourth-order valence-electron chi connectivity index (χ4n) is 0.621. The van der Waals surface area contributed by atoms with Gasteiger partial charge >= 0.3 is 0 Å². The molecule has 0 aliphatic carbocycles. The van der Waals surface area contributed by atoms with Gasteiger partial charge in [-0.3, -0.25) is 9.78 Å². The molecule has 0 saturated heterocycles. The third kappa shape index (κ3) is 1.91. The van der Waals surface area contributed by atoms with Crippen LogP contribution in [0.1, 0.15) is 10.4 Å². The number of pyridine rings is 1. The molecule has 1 N–H and O–H groups in total. The first kappa shape index (κ1) is 8.01. The quantitative estimate of drug-likeness (QED) is 0.679. The largest absolute Gasteiger partial charge is 0.355 e. The molecule has 0 aromatic carbocycles. The number of carbonyl (C=O) groups is 1. The van der Waals surface area contributed by atoms with E-state index < -0.39 is 0 Å². The first-order valence-corrected chi connectivity index (χ1v) is 3.36. The van der Waals surface area contributed by atoms with Crippen LogP contribution in [0.3, 0.4) is 0 Å². The van der Waals surface area contributed by atoms with Crippen molar-refractivity contribution in [3.05, 3.63) is 29.0 Å². The number of hydrogen-bond donors (Lipinski definition) is 1. The van der Waals surface area contributed by atoms with Crippen LogP contribution in [-0.2, 0) is 0 Å². The maximum Gasteiger partial charge on any atom is 0.253 e. The van der Waals surface area contributed by atoms with E-state index in [9.17, 15) is 4.79 Å². The summed E-state index contributed by atoms with van der Waals surface area (Å²) in [5.74, 6) is -0.236. The smallest absolute Gasteiger partial charge is 0.253 e. The number of rotatable bonds is 1. The number of halogens is 1. The molecule has 0 fully saturated rings. The van der Waals surface area contributed by atoms with Crippen LogP contribution in [0, 0.1) is 6.07 Å². The predicted molar refractivity (Wildman–Crippen MR) is 41.5 cm³/mol. The Balaban J connectivity index is 2.96. The molecule has 0 spiro atoms. The van der Waals surface area contributed by atoms with Gasteiger partial charge in [-0.15, -0.1) is 0 Å². The molecule has 57 valence electrons. The van der Waals surface area contributed by atoms with Crippen molar-refractivity contribution < 1.29 is 4.79 Å². The fraction of sp³-hybridized carbons (Fsp3) is 0.143. The normalized spacial score (nSPS) is 9.27. The lowest BCUT2D eigenvalue weighted by Crippen LogP contribution is -2.17. The average molecular weight is 170 g/mol. The van der Waals surface area contributed by atoms with Crippen LogP contribution in [0.25, 0.3) is 0 Å². The Morgan fingerprint density at radius 3 is 3.00 bits per heavy atom. The third-order valence-electron chi connectivity index (χ3n) is 1.12. The highest BCUT2D eigenvalue weighted by Crippen LogP contribution is 2.06. The highest BCUT2D eigenvalue weighted by Gasteiger charge is 2.02. The first-order valence-electron chi connectivity index (χ1n) is 2.99. The van der Waals surface area contributed by atoms with E-state index in [4.69, 9.17) is 11.6 Å². The summed E-state index contributed by atoms with van der Waals surface area (Å²) in [6.45, 7) is 0. The lowest BCUT2D eigenvalue weighted by atomic mass is 10.3. The minimum atomic E-state index is -0.236. The number of hydrogen-bond acceptors (Lipinski definition) is 2. The Morgan fingerprint density at radius 2 is 2.45 bits per heavy atom. The van der Waals surface area contributed by atoms with Gasteiger partial charge in [0.2, 0.25) is 0 Å². The number of amides is 1. The summed E-state index contributed by atoms with van der Waals surface area (Å²) in [5.41, 5.74) is 0.347. The maximum absolute atomic E-state index is 10.9. The molecule has 1 radical (unpaired) electrons. The molecule has 1 amide bonds. The Kier molecular flexibility index (Phi) is 2.44. The zero-order chi connectivity index (χ0) is 8.27. The zero-order valence-electron chi connectivity index (χ0n) is 5.89. The Bertz CT molecular complexity index is 275. The summed E-state index contributed by atoms with van der Waals surface area (Å²) >= 11 is 5.55. The Morgan fingerprint density at radius 1 is 1.73 bits per heavy atom. The molecule has 0 atom stereocenters. The molecule has 0 aliphatic heterocycles. The molecule has 1 heterocycles. The predicted octanol–water partition coefficient (Wildman–Crippen LogP) is 0.895. The van der Waals surface area contributed by atoms with Crippen molar-refractivity contribution >= 4 is 17.5 Å². The van der Waals surface area contributed by atoms with Crippen molar-refractivity contribution in [1.82, 2.24) is 10.3 Å². The molecule has 4 heteroatoms. The van der Waals surface area contributed by atoms with E-state index in [1.165, 1.54) is 19.4 Å². The first-order chi connectivity index (χ1) is 5.24. The third-order valence-corrected chi connectivity index (χ3v) is 1.31. The van der Waals surface area contributed by atoms with Crippen LogP contribution in [0.15, 0.2) is 12.4 Å². The van der Waals surface area contributed by atoms with Gasteiger partial charge in [-0.25, -0.2) is 0 Å². The van der Waals surface area contributed by atoms with Crippen molar-refractivity contribution in [2.75, 3.05) is 7.05 Å². The minimum absolute atomic E-state index is 0.236. The van der Waals surface area contributed by atoms with Crippen molar-refractivity contribution in [1.29, 1.82) is 0 Å². The zero-order valence-corrected chi connectivity index (χ0v) is 6.64. The lowest BCUT2D eigenvalue weighted by molar-refractivity contribution is 0.0962. The summed E-state index contributed by atoms with van der Waals surface area (Å²) in [6, 6.07) is 2.65. The molecule has 3 nitrogen and oxygen atoms in total. The van der Waals surface area contributed by atoms with E-state index in [2.05, 4.69) is 16.4 Å². The van der Waals surface area contributed by atoms with Crippen molar-refractivity contribution in [3.63, 3.8) is 0 Å². The van der Waals surface area contributed by atoms with Gasteiger partial charge in [0.1, 0.15) is 0 Å². The number of carbonyl (C=O) groups excluding carboxylic acids is 1. The van der Waals surface area contributed by atoms with E-state index in [0.29, 0.717) is 10.6 Å². The van der Waals surface area contributed by atoms with Gasteiger partial charge in [0.15, 0.2) is 0 Å². The second kappa shape index (κ2) is 3.34. The van der Waals surface area contributed by atoms with Crippen LogP contribution in [-0.4, -0.2) is 17.9 Å². The van der Waals surface area contributed by atoms with Gasteiger partial charge in [0, 0.05) is 25.5 Å². The SMILES string of the molecule is CNC(=O)c1[c]c(Cl)cnc1. The highest BCUT2D eigenvalue weighted by molar-refractivity contribution is 6.30. The van der Waals surface area contributed by atoms with E-state index in [1.54, 1.807) is 0 Å². The average Bonchev–Trinajstić information content (AvgIpc) is 2.03. The van der Waals surface area contributed by atoms with Gasteiger partial charge in [-0.1, -0.05) is 11.6 Å².